The normalized spacial score (nSPS) is 14.9. The first-order valence-corrected chi connectivity index (χ1v) is 37.6. The van der Waals surface area contributed by atoms with E-state index in [4.69, 9.17) is 37.5 Å². The molecule has 0 aromatic carbocycles. The molecule has 44 heteroatoms. The van der Waals surface area contributed by atoms with Gasteiger partial charge in [0.15, 0.2) is 0 Å². The number of phosphoric ester groups is 1. The maximum Gasteiger partial charge on any atom is 0.472 e. The van der Waals surface area contributed by atoms with Gasteiger partial charge in [-0.15, -0.1) is 11.8 Å². The fourth-order valence-electron chi connectivity index (χ4n) is 10.5. The summed E-state index contributed by atoms with van der Waals surface area (Å²) in [5.41, 5.74) is -1.76. The molecular formula is C64H107N8O34PS. The zero-order valence-corrected chi connectivity index (χ0v) is 62.3. The second-order valence-corrected chi connectivity index (χ2v) is 27.3. The van der Waals surface area contributed by atoms with Crippen LogP contribution in [0.25, 0.3) is 0 Å². The molecule has 0 aromatic rings. The van der Waals surface area contributed by atoms with E-state index in [-0.39, 0.29) is 149 Å². The van der Waals surface area contributed by atoms with Gasteiger partial charge in [-0.3, -0.25) is 101 Å². The van der Waals surface area contributed by atoms with Gasteiger partial charge in [0.25, 0.3) is 0 Å². The summed E-state index contributed by atoms with van der Waals surface area (Å²) in [4.78, 5) is 197. The number of amides is 6. The van der Waals surface area contributed by atoms with Gasteiger partial charge in [-0.1, -0.05) is 12.8 Å². The Balaban J connectivity index is 3.28. The Labute approximate surface area is 627 Å². The Morgan fingerprint density at radius 1 is 0.454 bits per heavy atom. The van der Waals surface area contributed by atoms with E-state index < -0.39 is 198 Å². The van der Waals surface area contributed by atoms with Gasteiger partial charge in [0.1, 0.15) is 23.7 Å². The lowest BCUT2D eigenvalue weighted by atomic mass is 10.0. The quantitative estimate of drug-likeness (QED) is 0.0191. The number of carbonyl (C=O) groups is 15. The van der Waals surface area contributed by atoms with Crippen LogP contribution in [-0.2, 0) is 114 Å². The first-order chi connectivity index (χ1) is 51.2. The first-order valence-electron chi connectivity index (χ1n) is 35.1. The average molecular weight is 1600 g/mol. The zero-order valence-electron chi connectivity index (χ0n) is 60.6. The molecule has 5 unspecified atom stereocenters. The number of carboxylic acid groups (broad SMARTS) is 9. The van der Waals surface area contributed by atoms with E-state index in [9.17, 15) is 127 Å². The van der Waals surface area contributed by atoms with Crippen LogP contribution in [0.15, 0.2) is 0 Å². The van der Waals surface area contributed by atoms with E-state index in [1.54, 1.807) is 0 Å². The van der Waals surface area contributed by atoms with E-state index >= 15 is 0 Å². The minimum absolute atomic E-state index is 0.00712. The minimum atomic E-state index is -4.33. The lowest BCUT2D eigenvalue weighted by Gasteiger charge is -2.34. The van der Waals surface area contributed by atoms with Crippen molar-refractivity contribution < 1.29 is 165 Å². The number of likely N-dealkylation sites (tertiary alicyclic amines) is 1. The Hall–Kier alpha value is -7.65. The van der Waals surface area contributed by atoms with Crippen molar-refractivity contribution >= 4 is 109 Å². The van der Waals surface area contributed by atoms with E-state index in [2.05, 4.69) is 21.3 Å². The summed E-state index contributed by atoms with van der Waals surface area (Å²) in [5.74, 6) is -16.2. The van der Waals surface area contributed by atoms with Crippen LogP contribution in [0.3, 0.4) is 0 Å². The van der Waals surface area contributed by atoms with Crippen molar-refractivity contribution in [1.29, 1.82) is 0 Å². The first kappa shape index (κ1) is 98.4. The van der Waals surface area contributed by atoms with Gasteiger partial charge < -0.3 is 101 Å². The van der Waals surface area contributed by atoms with Gasteiger partial charge in [-0.25, -0.2) is 4.57 Å². The molecule has 1 aliphatic heterocycles. The lowest BCUT2D eigenvalue weighted by molar-refractivity contribution is -0.152. The van der Waals surface area contributed by atoms with E-state index in [0.717, 1.165) is 19.6 Å². The molecule has 1 saturated heterocycles. The molecule has 0 radical (unpaired) electrons. The van der Waals surface area contributed by atoms with Crippen LogP contribution in [0, 0.1) is 0 Å². The highest BCUT2D eigenvalue weighted by atomic mass is 32.2. The summed E-state index contributed by atoms with van der Waals surface area (Å²) in [6.45, 7) is -4.54. The Morgan fingerprint density at radius 3 is 1.17 bits per heavy atom. The van der Waals surface area contributed by atoms with Crippen molar-refractivity contribution in [2.75, 3.05) is 164 Å². The number of nitrogens with one attached hydrogen (secondary N) is 4. The van der Waals surface area contributed by atoms with Crippen molar-refractivity contribution in [2.24, 2.45) is 0 Å². The second kappa shape index (κ2) is 57.4. The van der Waals surface area contributed by atoms with Crippen molar-refractivity contribution in [2.45, 2.75) is 151 Å². The summed E-state index contributed by atoms with van der Waals surface area (Å²) in [6.07, 6.45) is 1.00. The van der Waals surface area contributed by atoms with Crippen molar-refractivity contribution in [3.63, 3.8) is 0 Å². The van der Waals surface area contributed by atoms with Crippen LogP contribution < -0.4 is 21.3 Å². The molecule has 1 aliphatic rings. The molecule has 0 aromatic heterocycles. The Morgan fingerprint density at radius 2 is 0.806 bits per heavy atom. The summed E-state index contributed by atoms with van der Waals surface area (Å²) in [7, 11) is -4.33. The zero-order chi connectivity index (χ0) is 80.9. The minimum Gasteiger partial charge on any atom is -0.480 e. The molecule has 1 heterocycles. The molecule has 1 rings (SSSR count). The number of unbranched alkanes of at least 4 members (excludes halogenated alkanes) is 6. The van der Waals surface area contributed by atoms with Gasteiger partial charge >= 0.3 is 61.5 Å². The number of hydrogen-bond donors (Lipinski definition) is 14. The van der Waals surface area contributed by atoms with Crippen molar-refractivity contribution in [3.05, 3.63) is 0 Å². The van der Waals surface area contributed by atoms with E-state index in [1.807, 2.05) is 6.92 Å². The third-order valence-corrected chi connectivity index (χ3v) is 18.0. The summed E-state index contributed by atoms with van der Waals surface area (Å²) in [5, 5.41) is 94.4. The molecule has 6 amide bonds. The predicted molar refractivity (Wildman–Crippen MR) is 373 cm³/mol. The number of rotatable bonds is 72. The van der Waals surface area contributed by atoms with Crippen LogP contribution in [0.4, 0.5) is 0 Å². The largest absolute Gasteiger partial charge is 0.480 e. The molecule has 14 N–H and O–H groups in total. The second-order valence-electron chi connectivity index (χ2n) is 24.6. The van der Waals surface area contributed by atoms with Crippen LogP contribution in [-0.4, -0.2) is 352 Å². The van der Waals surface area contributed by atoms with E-state index in [0.29, 0.717) is 57.9 Å². The molecule has 0 bridgehead atoms. The third kappa shape index (κ3) is 48.0. The van der Waals surface area contributed by atoms with Crippen molar-refractivity contribution in [3.8, 4) is 0 Å². The molecule has 108 heavy (non-hydrogen) atoms. The molecule has 0 aliphatic carbocycles. The standard InChI is InChI=1S/C64H107N8O34PS/c1-2-99-28-29-100-30-31-101-32-33-106-107(97,98)105-24-11-3-4-12-34-108-48-35-53(77)72(60(48)90)23-16-52(76)68-64(42-102-25-17-49(73)65-20-8-5-13-45(61(91)92)69(36-54(78)79)37-55(80)81,43-103-26-18-50(74)66-21-9-6-14-46(62(93)94)70(38-56(82)83)39-57(84)85)44-104-27-19-51(75)67-22-10-7-15-47(63(95)96)71(40-58(86)87)41-59(88)89/h45-48H,2-44H2,1H3,(H,65,73)(H,66,74)(H,67,75)(H,68,76)(H,78,79)(H,80,81)(H,82,83)(H,84,85)(H,86,87)(H,88,89)(H,91,92)(H,93,94)(H,95,96)(H,97,98). The summed E-state index contributed by atoms with van der Waals surface area (Å²) in [6, 6.07) is -4.41. The predicted octanol–water partition coefficient (Wildman–Crippen LogP) is -1.29. The number of nitrogens with zero attached hydrogens (tertiary/aromatic N) is 4. The Bertz CT molecular complexity index is 2630. The maximum absolute atomic E-state index is 14.1. The maximum atomic E-state index is 14.1. The summed E-state index contributed by atoms with van der Waals surface area (Å²) >= 11 is 1.24. The fraction of sp³-hybridized carbons (Fsp3) is 0.766. The Kier molecular flexibility index (Phi) is 52.3. The van der Waals surface area contributed by atoms with Gasteiger partial charge in [0, 0.05) is 64.9 Å². The van der Waals surface area contributed by atoms with Crippen molar-refractivity contribution in [1.82, 2.24) is 40.9 Å². The number of hydrogen-bond acceptors (Lipinski definition) is 28. The van der Waals surface area contributed by atoms with Gasteiger partial charge in [0.2, 0.25) is 35.4 Å². The number of carbonyl (C=O) groups excluding carboxylic acids is 6. The number of aliphatic carboxylic acids is 9. The number of ether oxygens (including phenoxy) is 6. The molecular weight excluding hydrogens is 1490 g/mol. The molecule has 618 valence electrons. The molecule has 42 nitrogen and oxygen atoms in total. The van der Waals surface area contributed by atoms with Crippen LogP contribution in [0.1, 0.15) is 122 Å². The molecule has 0 saturated carbocycles. The SMILES string of the molecule is CCOCCOCCOCCOP(=O)(O)OCCCCCCSC1CC(=O)N(CCC(=O)NC(COCCC(=O)NCCCCC(C(=O)O)N(CC(=O)O)CC(=O)O)(COCCC(=O)NCCCCC(C(=O)O)N(CC(=O)O)CC(=O)O)COCCC(=O)NCCCCC(C(=O)O)N(CC(=O)O)CC(=O)O)C1=O. The highest BCUT2D eigenvalue weighted by Crippen LogP contribution is 2.43. The number of thioether (sulfide) groups is 1. The smallest absolute Gasteiger partial charge is 0.472 e. The average Bonchev–Trinajstić information content (AvgIpc) is 1.65. The van der Waals surface area contributed by atoms with Gasteiger partial charge in [-0.2, -0.15) is 0 Å². The van der Waals surface area contributed by atoms with Crippen LogP contribution >= 0.6 is 19.6 Å². The highest BCUT2D eigenvalue weighted by molar-refractivity contribution is 8.00. The van der Waals surface area contributed by atoms with Crippen LogP contribution in [0.5, 0.6) is 0 Å². The number of imide groups is 1. The number of phosphoric acid groups is 1. The highest BCUT2D eigenvalue weighted by Gasteiger charge is 2.40. The van der Waals surface area contributed by atoms with E-state index in [1.165, 1.54) is 11.8 Å². The molecule has 1 fully saturated rings. The molecule has 5 atom stereocenters. The monoisotopic (exact) mass is 1590 g/mol. The third-order valence-electron chi connectivity index (χ3n) is 15.7. The molecule has 0 spiro atoms. The van der Waals surface area contributed by atoms with Gasteiger partial charge in [0.05, 0.1) is 130 Å². The van der Waals surface area contributed by atoms with Gasteiger partial charge in [-0.05, 0) is 83.3 Å². The number of carboxylic acids is 9. The van der Waals surface area contributed by atoms with Crippen LogP contribution in [0.2, 0.25) is 0 Å². The lowest BCUT2D eigenvalue weighted by Crippen LogP contribution is -2.59. The topological polar surface area (TPSA) is 610 Å². The summed E-state index contributed by atoms with van der Waals surface area (Å²) < 4.78 is 55.9. The fourth-order valence-corrected chi connectivity index (χ4v) is 12.4.